The Hall–Kier alpha value is -1.41. The third-order valence-electron chi connectivity index (χ3n) is 5.21. The van der Waals surface area contributed by atoms with E-state index in [0.717, 1.165) is 44.9 Å². The Morgan fingerprint density at radius 1 is 1.26 bits per heavy atom. The van der Waals surface area contributed by atoms with E-state index in [9.17, 15) is 19.1 Å². The molecule has 0 aromatic heterocycles. The molecule has 1 aliphatic rings. The second-order valence-electron chi connectivity index (χ2n) is 7.39. The van der Waals surface area contributed by atoms with Crippen LogP contribution in [-0.2, 0) is 14.3 Å². The predicted octanol–water partition coefficient (Wildman–Crippen LogP) is 4.38. The number of rotatable bonds is 12. The summed E-state index contributed by atoms with van der Waals surface area (Å²) in [5.41, 5.74) is 0. The highest BCUT2D eigenvalue weighted by molar-refractivity contribution is 5.83. The first-order chi connectivity index (χ1) is 13.0. The van der Waals surface area contributed by atoms with Crippen molar-refractivity contribution in [1.29, 1.82) is 0 Å². The smallest absolute Gasteiger partial charge is 0.340 e. The SMILES string of the molecule is CCCC#CC(O)CC[C@H]1CCC(=O)[C@@H]1CCCCCC(F)C(=O)OCC. The summed E-state index contributed by atoms with van der Waals surface area (Å²) in [7, 11) is 0. The fourth-order valence-electron chi connectivity index (χ4n) is 3.69. The quantitative estimate of drug-likeness (QED) is 0.309. The molecule has 0 aromatic rings. The zero-order valence-corrected chi connectivity index (χ0v) is 16.8. The Morgan fingerprint density at radius 3 is 2.74 bits per heavy atom. The zero-order valence-electron chi connectivity index (χ0n) is 16.8. The van der Waals surface area contributed by atoms with Crippen LogP contribution in [0, 0.1) is 23.7 Å². The number of alkyl halides is 1. The van der Waals surface area contributed by atoms with Gasteiger partial charge in [-0.3, -0.25) is 4.79 Å². The van der Waals surface area contributed by atoms with E-state index in [1.54, 1.807) is 6.92 Å². The molecule has 0 amide bonds. The lowest BCUT2D eigenvalue weighted by Gasteiger charge is -2.19. The predicted molar refractivity (Wildman–Crippen MR) is 104 cm³/mol. The van der Waals surface area contributed by atoms with Crippen LogP contribution in [0.25, 0.3) is 0 Å². The average Bonchev–Trinajstić information content (AvgIpc) is 3.00. The third kappa shape index (κ3) is 9.37. The van der Waals surface area contributed by atoms with E-state index in [1.807, 2.05) is 0 Å². The van der Waals surface area contributed by atoms with E-state index in [4.69, 9.17) is 0 Å². The lowest BCUT2D eigenvalue weighted by atomic mass is 9.86. The van der Waals surface area contributed by atoms with Gasteiger partial charge in [0.2, 0.25) is 0 Å². The molecule has 0 heterocycles. The summed E-state index contributed by atoms with van der Waals surface area (Å²) in [6.07, 6.45) is 5.91. The minimum Gasteiger partial charge on any atom is -0.464 e. The van der Waals surface area contributed by atoms with Crippen LogP contribution in [0.1, 0.15) is 84.5 Å². The van der Waals surface area contributed by atoms with Gasteiger partial charge in [-0.2, -0.15) is 0 Å². The van der Waals surface area contributed by atoms with Crippen molar-refractivity contribution in [3.63, 3.8) is 0 Å². The minimum atomic E-state index is -1.54. The van der Waals surface area contributed by atoms with Crippen molar-refractivity contribution in [3.05, 3.63) is 0 Å². The maximum atomic E-state index is 13.6. The van der Waals surface area contributed by atoms with Gasteiger partial charge >= 0.3 is 5.97 Å². The number of hydrogen-bond donors (Lipinski definition) is 1. The maximum Gasteiger partial charge on any atom is 0.340 e. The first-order valence-corrected chi connectivity index (χ1v) is 10.5. The number of halogens is 1. The molecule has 154 valence electrons. The lowest BCUT2D eigenvalue weighted by Crippen LogP contribution is -2.19. The highest BCUT2D eigenvalue weighted by Crippen LogP contribution is 2.36. The largest absolute Gasteiger partial charge is 0.464 e. The Kier molecular flexibility index (Phi) is 12.0. The van der Waals surface area contributed by atoms with Gasteiger partial charge in [0, 0.05) is 18.8 Å². The number of ether oxygens (including phenoxy) is 1. The molecule has 1 fully saturated rings. The molecule has 0 bridgehead atoms. The molecule has 0 aliphatic heterocycles. The monoisotopic (exact) mass is 382 g/mol. The molecule has 4 nitrogen and oxygen atoms in total. The minimum absolute atomic E-state index is 0.0621. The van der Waals surface area contributed by atoms with Crippen molar-refractivity contribution in [2.24, 2.45) is 11.8 Å². The van der Waals surface area contributed by atoms with Gasteiger partial charge in [-0.15, -0.1) is 5.92 Å². The lowest BCUT2D eigenvalue weighted by molar-refractivity contribution is -0.149. The standard InChI is InChI=1S/C22H35FO4/c1-3-5-7-10-18(24)15-13-17-14-16-21(25)19(17)11-8-6-9-12-20(23)22(26)27-4-2/h17-20,24H,3-6,8-9,11-16H2,1-2H3/t17-,18?,19+,20?/m0/s1. The first kappa shape index (κ1) is 23.6. The average molecular weight is 383 g/mol. The fraction of sp³-hybridized carbons (Fsp3) is 0.818. The second-order valence-corrected chi connectivity index (χ2v) is 7.39. The topological polar surface area (TPSA) is 63.6 Å². The number of aliphatic hydroxyl groups is 1. The van der Waals surface area contributed by atoms with Gasteiger partial charge in [-0.05, 0) is 57.8 Å². The summed E-state index contributed by atoms with van der Waals surface area (Å²) >= 11 is 0. The molecule has 4 atom stereocenters. The number of carbonyl (C=O) groups is 2. The number of carbonyl (C=O) groups excluding carboxylic acids is 2. The van der Waals surface area contributed by atoms with Crippen LogP contribution < -0.4 is 0 Å². The summed E-state index contributed by atoms with van der Waals surface area (Å²) < 4.78 is 18.2. The Labute approximate surface area is 163 Å². The summed E-state index contributed by atoms with van der Waals surface area (Å²) in [6, 6.07) is 0. The van der Waals surface area contributed by atoms with Gasteiger partial charge in [-0.25, -0.2) is 9.18 Å². The Morgan fingerprint density at radius 2 is 2.04 bits per heavy atom. The Balaban J connectivity index is 2.26. The van der Waals surface area contributed by atoms with E-state index in [2.05, 4.69) is 23.5 Å². The van der Waals surface area contributed by atoms with Crippen molar-refractivity contribution in [2.75, 3.05) is 6.61 Å². The van der Waals surface area contributed by atoms with Gasteiger partial charge in [0.05, 0.1) is 6.61 Å². The number of Topliss-reactive ketones (excluding diaryl/α,β-unsaturated/α-hetero) is 1. The van der Waals surface area contributed by atoms with Crippen molar-refractivity contribution in [2.45, 2.75) is 96.8 Å². The van der Waals surface area contributed by atoms with Crippen molar-refractivity contribution in [3.8, 4) is 11.8 Å². The van der Waals surface area contributed by atoms with Gasteiger partial charge in [0.25, 0.3) is 0 Å². The van der Waals surface area contributed by atoms with Crippen LogP contribution >= 0.6 is 0 Å². The highest BCUT2D eigenvalue weighted by Gasteiger charge is 2.33. The molecule has 1 rings (SSSR count). The molecule has 1 aliphatic carbocycles. The highest BCUT2D eigenvalue weighted by atomic mass is 19.1. The molecule has 2 unspecified atom stereocenters. The third-order valence-corrected chi connectivity index (χ3v) is 5.21. The Bertz CT molecular complexity index is 508. The number of aliphatic hydroxyl groups excluding tert-OH is 1. The number of hydrogen-bond acceptors (Lipinski definition) is 4. The summed E-state index contributed by atoms with van der Waals surface area (Å²) in [5.74, 6) is 5.78. The van der Waals surface area contributed by atoms with E-state index >= 15 is 0 Å². The van der Waals surface area contributed by atoms with Crippen molar-refractivity contribution < 1.29 is 23.8 Å². The van der Waals surface area contributed by atoms with Gasteiger partial charge in [0.15, 0.2) is 6.17 Å². The van der Waals surface area contributed by atoms with Crippen molar-refractivity contribution >= 4 is 11.8 Å². The molecule has 0 aromatic carbocycles. The van der Waals surface area contributed by atoms with Crippen LogP contribution in [0.5, 0.6) is 0 Å². The normalized spacial score (nSPS) is 21.4. The molecule has 0 radical (unpaired) electrons. The number of esters is 1. The summed E-state index contributed by atoms with van der Waals surface area (Å²) in [5, 5.41) is 9.94. The molecule has 1 saturated carbocycles. The molecular formula is C22H35FO4. The summed E-state index contributed by atoms with van der Waals surface area (Å²) in [4.78, 5) is 23.4. The second kappa shape index (κ2) is 13.7. The first-order valence-electron chi connectivity index (χ1n) is 10.5. The molecule has 0 saturated heterocycles. The van der Waals surface area contributed by atoms with Crippen LogP contribution in [0.3, 0.4) is 0 Å². The van der Waals surface area contributed by atoms with Gasteiger partial charge in [0.1, 0.15) is 11.9 Å². The summed E-state index contributed by atoms with van der Waals surface area (Å²) in [6.45, 7) is 3.92. The number of ketones is 1. The van der Waals surface area contributed by atoms with Crippen LogP contribution in [0.15, 0.2) is 0 Å². The van der Waals surface area contributed by atoms with E-state index in [1.165, 1.54) is 0 Å². The van der Waals surface area contributed by atoms with Crippen LogP contribution in [-0.4, -0.2) is 35.7 Å². The van der Waals surface area contributed by atoms with Gasteiger partial charge < -0.3 is 9.84 Å². The van der Waals surface area contributed by atoms with E-state index < -0.39 is 18.2 Å². The van der Waals surface area contributed by atoms with E-state index in [-0.39, 0.29) is 18.9 Å². The molecular weight excluding hydrogens is 347 g/mol. The van der Waals surface area contributed by atoms with Gasteiger partial charge in [-0.1, -0.05) is 25.7 Å². The molecule has 5 heteroatoms. The molecule has 1 N–H and O–H groups in total. The number of unbranched alkanes of at least 4 members (excludes halogenated alkanes) is 3. The molecule has 27 heavy (non-hydrogen) atoms. The zero-order chi connectivity index (χ0) is 20.1. The molecule has 0 spiro atoms. The van der Waals surface area contributed by atoms with Crippen LogP contribution in [0.4, 0.5) is 4.39 Å². The maximum absolute atomic E-state index is 13.6. The van der Waals surface area contributed by atoms with E-state index in [0.29, 0.717) is 31.0 Å². The van der Waals surface area contributed by atoms with Crippen molar-refractivity contribution in [1.82, 2.24) is 0 Å². The fourth-order valence-corrected chi connectivity index (χ4v) is 3.69. The van der Waals surface area contributed by atoms with Crippen LogP contribution in [0.2, 0.25) is 0 Å².